The molecule has 0 aliphatic carbocycles. The minimum absolute atomic E-state index is 0.314. The molecule has 0 unspecified atom stereocenters. The van der Waals surface area contributed by atoms with Crippen LogP contribution in [0.4, 0.5) is 0 Å². The summed E-state index contributed by atoms with van der Waals surface area (Å²) >= 11 is 0. The summed E-state index contributed by atoms with van der Waals surface area (Å²) in [6, 6.07) is 7.27. The molecule has 3 heterocycles. The Morgan fingerprint density at radius 1 is 1.35 bits per heavy atom. The fraction of sp³-hybridized carbons (Fsp3) is 0.625. The first kappa shape index (κ1) is 13.6. The molecule has 2 aliphatic rings. The van der Waals surface area contributed by atoms with Gasteiger partial charge in [-0.1, -0.05) is 6.07 Å². The van der Waals surface area contributed by atoms with Crippen molar-refractivity contribution < 1.29 is 4.79 Å². The van der Waals surface area contributed by atoms with Gasteiger partial charge in [-0.3, -0.25) is 14.7 Å². The third-order valence-electron chi connectivity index (χ3n) is 4.52. The summed E-state index contributed by atoms with van der Waals surface area (Å²) in [5.74, 6) is 0.317. The first-order valence-corrected chi connectivity index (χ1v) is 7.54. The molecular weight excluding hydrogens is 250 g/mol. The smallest absolute Gasteiger partial charge is 0.224 e. The molecule has 2 fully saturated rings. The number of fused-ring (bicyclic) bond motifs is 1. The van der Waals surface area contributed by atoms with Crippen molar-refractivity contribution in [3.8, 4) is 0 Å². The number of carbonyl (C=O) groups excluding carboxylic acids is 1. The van der Waals surface area contributed by atoms with E-state index < -0.39 is 0 Å². The van der Waals surface area contributed by atoms with Crippen LogP contribution in [-0.2, 0) is 11.3 Å². The Morgan fingerprint density at radius 2 is 2.15 bits per heavy atom. The predicted octanol–water partition coefficient (Wildman–Crippen LogP) is 1.97. The van der Waals surface area contributed by atoms with Crippen molar-refractivity contribution in [1.82, 2.24) is 14.8 Å². The molecule has 0 N–H and O–H groups in total. The average molecular weight is 273 g/mol. The zero-order chi connectivity index (χ0) is 14.3. The molecule has 108 valence electrons. The SMILES string of the molecule is Cc1cccc(CN2CC[C@@H]3[C@@H]2CC(=O)N3C(C)C)n1. The van der Waals surface area contributed by atoms with Crippen LogP contribution in [0.3, 0.4) is 0 Å². The Kier molecular flexibility index (Phi) is 3.50. The number of rotatable bonds is 3. The van der Waals surface area contributed by atoms with Crippen molar-refractivity contribution in [3.05, 3.63) is 29.6 Å². The Labute approximate surface area is 120 Å². The largest absolute Gasteiger partial charge is 0.336 e. The van der Waals surface area contributed by atoms with Gasteiger partial charge in [0.15, 0.2) is 0 Å². The van der Waals surface area contributed by atoms with Gasteiger partial charge in [0.1, 0.15) is 0 Å². The van der Waals surface area contributed by atoms with Crippen LogP contribution in [0.25, 0.3) is 0 Å². The van der Waals surface area contributed by atoms with E-state index >= 15 is 0 Å². The van der Waals surface area contributed by atoms with Crippen LogP contribution >= 0.6 is 0 Å². The highest BCUT2D eigenvalue weighted by molar-refractivity contribution is 5.80. The van der Waals surface area contributed by atoms with Crippen molar-refractivity contribution in [2.75, 3.05) is 6.54 Å². The number of nitrogens with zero attached hydrogens (tertiary/aromatic N) is 3. The summed E-state index contributed by atoms with van der Waals surface area (Å²) in [7, 11) is 0. The molecule has 0 spiro atoms. The van der Waals surface area contributed by atoms with E-state index in [1.807, 2.05) is 13.0 Å². The molecule has 1 amide bonds. The van der Waals surface area contributed by atoms with Crippen molar-refractivity contribution in [2.24, 2.45) is 0 Å². The maximum Gasteiger partial charge on any atom is 0.224 e. The lowest BCUT2D eigenvalue weighted by Gasteiger charge is -2.28. The molecule has 4 nitrogen and oxygen atoms in total. The minimum Gasteiger partial charge on any atom is -0.336 e. The van der Waals surface area contributed by atoms with Crippen LogP contribution < -0.4 is 0 Å². The zero-order valence-electron chi connectivity index (χ0n) is 12.5. The summed E-state index contributed by atoms with van der Waals surface area (Å²) in [5.41, 5.74) is 2.17. The third-order valence-corrected chi connectivity index (χ3v) is 4.52. The lowest BCUT2D eigenvalue weighted by Crippen LogP contribution is -2.41. The molecule has 4 heteroatoms. The third kappa shape index (κ3) is 2.33. The number of aromatic nitrogens is 1. The van der Waals surface area contributed by atoms with Crippen LogP contribution in [0.15, 0.2) is 18.2 Å². The highest BCUT2D eigenvalue weighted by Gasteiger charge is 2.47. The number of likely N-dealkylation sites (tertiary alicyclic amines) is 2. The van der Waals surface area contributed by atoms with E-state index in [0.717, 1.165) is 30.9 Å². The van der Waals surface area contributed by atoms with Crippen LogP contribution in [0, 0.1) is 6.92 Å². The van der Waals surface area contributed by atoms with E-state index in [1.54, 1.807) is 0 Å². The first-order valence-electron chi connectivity index (χ1n) is 7.54. The van der Waals surface area contributed by atoms with Crippen molar-refractivity contribution in [3.63, 3.8) is 0 Å². The highest BCUT2D eigenvalue weighted by Crippen LogP contribution is 2.34. The molecule has 0 saturated carbocycles. The molecule has 2 atom stereocenters. The highest BCUT2D eigenvalue weighted by atomic mass is 16.2. The maximum atomic E-state index is 12.2. The summed E-state index contributed by atoms with van der Waals surface area (Å²) in [5, 5.41) is 0. The van der Waals surface area contributed by atoms with E-state index in [9.17, 15) is 4.79 Å². The second kappa shape index (κ2) is 5.17. The van der Waals surface area contributed by atoms with Gasteiger partial charge >= 0.3 is 0 Å². The standard InChI is InChI=1S/C16H23N3O/c1-11(2)19-14-7-8-18(15(14)9-16(19)20)10-13-6-4-5-12(3)17-13/h4-6,11,14-15H,7-10H2,1-3H3/t14-,15+/m1/s1. The van der Waals surface area contributed by atoms with Crippen LogP contribution in [0.5, 0.6) is 0 Å². The Hall–Kier alpha value is -1.42. The number of pyridine rings is 1. The number of hydrogen-bond donors (Lipinski definition) is 0. The van der Waals surface area contributed by atoms with Crippen molar-refractivity contribution >= 4 is 5.91 Å². The molecule has 2 aliphatic heterocycles. The molecule has 0 bridgehead atoms. The summed E-state index contributed by atoms with van der Waals surface area (Å²) in [4.78, 5) is 21.3. The van der Waals surface area contributed by atoms with Crippen LogP contribution in [-0.4, -0.2) is 45.4 Å². The maximum absolute atomic E-state index is 12.2. The number of carbonyl (C=O) groups is 1. The quantitative estimate of drug-likeness (QED) is 0.845. The van der Waals surface area contributed by atoms with Gasteiger partial charge in [-0.15, -0.1) is 0 Å². The van der Waals surface area contributed by atoms with E-state index in [2.05, 4.69) is 40.8 Å². The molecular formula is C16H23N3O. The molecule has 0 aromatic carbocycles. The Bertz CT molecular complexity index is 514. The van der Waals surface area contributed by atoms with Crippen molar-refractivity contribution in [2.45, 2.75) is 58.3 Å². The monoisotopic (exact) mass is 273 g/mol. The first-order chi connectivity index (χ1) is 9.56. The lowest BCUT2D eigenvalue weighted by atomic mass is 10.1. The summed E-state index contributed by atoms with van der Waals surface area (Å²) in [6.45, 7) is 8.19. The van der Waals surface area contributed by atoms with Gasteiger partial charge in [-0.05, 0) is 39.3 Å². The summed E-state index contributed by atoms with van der Waals surface area (Å²) < 4.78 is 0. The number of amides is 1. The molecule has 3 rings (SSSR count). The van der Waals surface area contributed by atoms with Gasteiger partial charge in [0.05, 0.1) is 5.69 Å². The average Bonchev–Trinajstić information content (AvgIpc) is 2.88. The molecule has 2 saturated heterocycles. The Morgan fingerprint density at radius 3 is 2.85 bits per heavy atom. The van der Waals surface area contributed by atoms with E-state index in [4.69, 9.17) is 0 Å². The molecule has 1 aromatic heterocycles. The van der Waals surface area contributed by atoms with Gasteiger partial charge in [-0.25, -0.2) is 0 Å². The van der Waals surface area contributed by atoms with Gasteiger partial charge < -0.3 is 4.90 Å². The molecule has 1 aromatic rings. The topological polar surface area (TPSA) is 36.4 Å². The second-order valence-corrected chi connectivity index (χ2v) is 6.26. The van der Waals surface area contributed by atoms with E-state index in [-0.39, 0.29) is 0 Å². The van der Waals surface area contributed by atoms with Crippen molar-refractivity contribution in [1.29, 1.82) is 0 Å². The number of aryl methyl sites for hydroxylation is 1. The summed E-state index contributed by atoms with van der Waals surface area (Å²) in [6.07, 6.45) is 1.77. The number of hydrogen-bond acceptors (Lipinski definition) is 3. The fourth-order valence-electron chi connectivity index (χ4n) is 3.72. The van der Waals surface area contributed by atoms with Crippen LogP contribution in [0.2, 0.25) is 0 Å². The van der Waals surface area contributed by atoms with E-state index in [0.29, 0.717) is 30.5 Å². The molecule has 20 heavy (non-hydrogen) atoms. The normalized spacial score (nSPS) is 26.6. The fourth-order valence-corrected chi connectivity index (χ4v) is 3.72. The minimum atomic E-state index is 0.314. The predicted molar refractivity (Wildman–Crippen MR) is 78.2 cm³/mol. The lowest BCUT2D eigenvalue weighted by molar-refractivity contribution is -0.130. The van der Waals surface area contributed by atoms with Gasteiger partial charge in [-0.2, -0.15) is 0 Å². The zero-order valence-corrected chi connectivity index (χ0v) is 12.5. The van der Waals surface area contributed by atoms with Crippen LogP contribution in [0.1, 0.15) is 38.1 Å². The van der Waals surface area contributed by atoms with Gasteiger partial charge in [0.2, 0.25) is 5.91 Å². The second-order valence-electron chi connectivity index (χ2n) is 6.26. The Balaban J connectivity index is 1.73. The van der Waals surface area contributed by atoms with Gasteiger partial charge in [0.25, 0.3) is 0 Å². The van der Waals surface area contributed by atoms with Gasteiger partial charge in [0, 0.05) is 43.3 Å². The van der Waals surface area contributed by atoms with E-state index in [1.165, 1.54) is 0 Å². The molecule has 0 radical (unpaired) electrons.